The van der Waals surface area contributed by atoms with Gasteiger partial charge in [-0.1, -0.05) is 48.5 Å². The van der Waals surface area contributed by atoms with Crippen molar-refractivity contribution in [3.8, 4) is 0 Å². The maximum atomic E-state index is 13.2. The van der Waals surface area contributed by atoms with E-state index in [1.54, 1.807) is 0 Å². The molecule has 0 radical (unpaired) electrons. The lowest BCUT2D eigenvalue weighted by Gasteiger charge is -2.42. The highest BCUT2D eigenvalue weighted by atomic mass is 16.5. The zero-order valence-electron chi connectivity index (χ0n) is 18.4. The van der Waals surface area contributed by atoms with Crippen molar-refractivity contribution < 1.29 is 24.2 Å². The summed E-state index contributed by atoms with van der Waals surface area (Å²) < 4.78 is 10.2. The zero-order chi connectivity index (χ0) is 23.2. The Kier molecular flexibility index (Phi) is 5.17. The molecule has 2 aromatic rings. The Morgan fingerprint density at radius 1 is 1.09 bits per heavy atom. The molecule has 33 heavy (non-hydrogen) atoms. The summed E-state index contributed by atoms with van der Waals surface area (Å²) in [5.41, 5.74) is 2.49. The van der Waals surface area contributed by atoms with Crippen molar-refractivity contribution in [1.29, 1.82) is 0 Å². The number of fused-ring (bicyclic) bond motifs is 1. The molecule has 8 nitrogen and oxygen atoms in total. The number of carbonyl (C=O) groups is 2. The lowest BCUT2D eigenvalue weighted by molar-refractivity contribution is -0.140. The number of amidine groups is 1. The van der Waals surface area contributed by atoms with E-state index in [1.807, 2.05) is 54.6 Å². The van der Waals surface area contributed by atoms with Crippen LogP contribution < -0.4 is 10.2 Å². The Morgan fingerprint density at radius 2 is 1.79 bits per heavy atom. The van der Waals surface area contributed by atoms with Crippen LogP contribution in [0.3, 0.4) is 0 Å². The summed E-state index contributed by atoms with van der Waals surface area (Å²) in [4.78, 5) is 32.8. The maximum Gasteiger partial charge on any atom is 0.355 e. The SMILES string of the molecule is COC(=O)C1=C(C(=O)OC)[C@@H]2N(Cc3ccccc3)c3ccccc3[C@@]23C[C@@H](CO)N=C3N1. The van der Waals surface area contributed by atoms with Crippen LogP contribution in [0.15, 0.2) is 70.9 Å². The van der Waals surface area contributed by atoms with Gasteiger partial charge in [-0.3, -0.25) is 4.99 Å². The molecule has 0 aromatic heterocycles. The molecule has 3 aliphatic rings. The molecule has 0 amide bonds. The van der Waals surface area contributed by atoms with Crippen molar-refractivity contribution in [2.24, 2.45) is 4.99 Å². The number of anilines is 1. The predicted molar refractivity (Wildman–Crippen MR) is 122 cm³/mol. The molecule has 5 rings (SSSR count). The summed E-state index contributed by atoms with van der Waals surface area (Å²) >= 11 is 0. The number of hydrogen-bond acceptors (Lipinski definition) is 8. The third-order valence-corrected chi connectivity index (χ3v) is 6.75. The van der Waals surface area contributed by atoms with Gasteiger partial charge in [0, 0.05) is 12.2 Å². The first-order valence-corrected chi connectivity index (χ1v) is 10.8. The molecule has 0 unspecified atom stereocenters. The third kappa shape index (κ3) is 3.05. The molecule has 0 fully saturated rings. The number of benzene rings is 2. The molecule has 1 spiro atoms. The smallest absolute Gasteiger partial charge is 0.355 e. The first-order valence-electron chi connectivity index (χ1n) is 10.8. The summed E-state index contributed by atoms with van der Waals surface area (Å²) in [5, 5.41) is 13.1. The Bertz CT molecular complexity index is 1180. The fraction of sp³-hybridized carbons (Fsp3) is 0.320. The number of carbonyl (C=O) groups excluding carboxylic acids is 2. The van der Waals surface area contributed by atoms with Gasteiger partial charge >= 0.3 is 11.9 Å². The predicted octanol–water partition coefficient (Wildman–Crippen LogP) is 1.68. The molecule has 3 aliphatic heterocycles. The number of nitrogens with one attached hydrogen (secondary N) is 1. The highest BCUT2D eigenvalue weighted by molar-refractivity contribution is 6.13. The lowest BCUT2D eigenvalue weighted by Crippen LogP contribution is -2.59. The molecular weight excluding hydrogens is 422 g/mol. The van der Waals surface area contributed by atoms with E-state index < -0.39 is 23.4 Å². The van der Waals surface area contributed by atoms with Crippen LogP contribution in [0.5, 0.6) is 0 Å². The molecule has 0 saturated carbocycles. The average molecular weight is 447 g/mol. The second kappa shape index (κ2) is 8.04. The van der Waals surface area contributed by atoms with Gasteiger partial charge in [0.05, 0.1) is 43.9 Å². The van der Waals surface area contributed by atoms with Crippen LogP contribution in [0.4, 0.5) is 5.69 Å². The minimum Gasteiger partial charge on any atom is -0.466 e. The van der Waals surface area contributed by atoms with Crippen LogP contribution in [0.25, 0.3) is 0 Å². The number of aliphatic hydroxyl groups excluding tert-OH is 1. The summed E-state index contributed by atoms with van der Waals surface area (Å²) in [6.45, 7) is 0.373. The van der Waals surface area contributed by atoms with Gasteiger partial charge in [0.2, 0.25) is 0 Å². The lowest BCUT2D eigenvalue weighted by atomic mass is 9.68. The number of methoxy groups -OCH3 is 2. The van der Waals surface area contributed by atoms with Crippen molar-refractivity contribution in [2.45, 2.75) is 30.5 Å². The Hall–Kier alpha value is -3.65. The van der Waals surface area contributed by atoms with Crippen molar-refractivity contribution in [3.05, 3.63) is 77.0 Å². The van der Waals surface area contributed by atoms with Gasteiger partial charge in [-0.05, 0) is 23.6 Å². The number of nitrogens with zero attached hydrogens (tertiary/aromatic N) is 2. The standard InChI is InChI=1S/C25H25N3O5/c1-32-22(30)19-20(23(31)33-2)27-24-25(12-16(14-29)26-24)17-10-6-7-11-18(17)28(21(19)25)13-15-8-4-3-5-9-15/h3-11,16,21,29H,12-14H2,1-2H3,(H,26,27)/t16-,21-,25-/m0/s1. The van der Waals surface area contributed by atoms with Crippen LogP contribution in [0.2, 0.25) is 0 Å². The summed E-state index contributed by atoms with van der Waals surface area (Å²) in [6, 6.07) is 17.0. The number of ether oxygens (including phenoxy) is 2. The van der Waals surface area contributed by atoms with Crippen LogP contribution in [-0.2, 0) is 31.0 Å². The molecule has 170 valence electrons. The fourth-order valence-corrected chi connectivity index (χ4v) is 5.46. The first-order chi connectivity index (χ1) is 16.0. The topological polar surface area (TPSA) is 100 Å². The maximum absolute atomic E-state index is 13.2. The van der Waals surface area contributed by atoms with E-state index in [9.17, 15) is 14.7 Å². The number of hydrogen-bond donors (Lipinski definition) is 2. The number of aliphatic hydroxyl groups is 1. The Morgan fingerprint density at radius 3 is 2.48 bits per heavy atom. The second-order valence-electron chi connectivity index (χ2n) is 8.42. The quantitative estimate of drug-likeness (QED) is 0.673. The van der Waals surface area contributed by atoms with Crippen molar-refractivity contribution in [3.63, 3.8) is 0 Å². The van der Waals surface area contributed by atoms with Gasteiger partial charge in [-0.2, -0.15) is 0 Å². The van der Waals surface area contributed by atoms with Crippen molar-refractivity contribution >= 4 is 23.5 Å². The minimum atomic E-state index is -0.736. The van der Waals surface area contributed by atoms with E-state index in [0.717, 1.165) is 16.8 Å². The van der Waals surface area contributed by atoms with E-state index in [1.165, 1.54) is 14.2 Å². The van der Waals surface area contributed by atoms with E-state index in [-0.39, 0.29) is 23.9 Å². The van der Waals surface area contributed by atoms with Crippen LogP contribution in [-0.4, -0.2) is 55.8 Å². The van der Waals surface area contributed by atoms with Gasteiger partial charge in [0.25, 0.3) is 0 Å². The van der Waals surface area contributed by atoms with Gasteiger partial charge < -0.3 is 24.8 Å². The average Bonchev–Trinajstić information content (AvgIpc) is 3.37. The van der Waals surface area contributed by atoms with Gasteiger partial charge in [0.1, 0.15) is 11.5 Å². The molecule has 3 heterocycles. The fourth-order valence-electron chi connectivity index (χ4n) is 5.46. The number of esters is 2. The van der Waals surface area contributed by atoms with Crippen LogP contribution >= 0.6 is 0 Å². The molecule has 3 atom stereocenters. The van der Waals surface area contributed by atoms with E-state index in [0.29, 0.717) is 18.8 Å². The Labute approximate surface area is 191 Å². The highest BCUT2D eigenvalue weighted by Gasteiger charge is 2.63. The number of aliphatic imine (C=N–C) groups is 1. The number of rotatable bonds is 5. The normalized spacial score (nSPS) is 24.9. The summed E-state index contributed by atoms with van der Waals surface area (Å²) in [7, 11) is 2.57. The minimum absolute atomic E-state index is 0.0215. The van der Waals surface area contributed by atoms with Crippen molar-refractivity contribution in [2.75, 3.05) is 25.7 Å². The Balaban J connectivity index is 1.78. The summed E-state index contributed by atoms with van der Waals surface area (Å²) in [5.74, 6) is -0.720. The van der Waals surface area contributed by atoms with Gasteiger partial charge in [0.15, 0.2) is 0 Å². The summed E-state index contributed by atoms with van der Waals surface area (Å²) in [6.07, 6.45) is 0.494. The van der Waals surface area contributed by atoms with Crippen LogP contribution in [0.1, 0.15) is 17.5 Å². The largest absolute Gasteiger partial charge is 0.466 e. The van der Waals surface area contributed by atoms with E-state index >= 15 is 0 Å². The molecular formula is C25H25N3O5. The van der Waals surface area contributed by atoms with Crippen molar-refractivity contribution in [1.82, 2.24) is 5.32 Å². The van der Waals surface area contributed by atoms with E-state index in [4.69, 9.17) is 14.5 Å². The second-order valence-corrected chi connectivity index (χ2v) is 8.42. The number of para-hydroxylation sites is 1. The van der Waals surface area contributed by atoms with Gasteiger partial charge in [-0.15, -0.1) is 0 Å². The van der Waals surface area contributed by atoms with Gasteiger partial charge in [-0.25, -0.2) is 9.59 Å². The zero-order valence-corrected chi connectivity index (χ0v) is 18.4. The monoisotopic (exact) mass is 447 g/mol. The molecule has 8 heteroatoms. The first kappa shape index (κ1) is 21.2. The molecule has 0 saturated heterocycles. The molecule has 0 bridgehead atoms. The molecule has 2 N–H and O–H groups in total. The van der Waals surface area contributed by atoms with Crippen LogP contribution in [0, 0.1) is 0 Å². The van der Waals surface area contributed by atoms with E-state index in [2.05, 4.69) is 10.2 Å². The third-order valence-electron chi connectivity index (χ3n) is 6.75. The molecule has 0 aliphatic carbocycles. The highest BCUT2D eigenvalue weighted by Crippen LogP contribution is 2.55. The molecule has 2 aromatic carbocycles.